The Labute approximate surface area is 208 Å². The van der Waals surface area contributed by atoms with Gasteiger partial charge in [-0.05, 0) is 53.1 Å². The molecule has 1 saturated heterocycles. The highest BCUT2D eigenvalue weighted by Gasteiger charge is 2.45. The predicted molar refractivity (Wildman–Crippen MR) is 132 cm³/mol. The molecular weight excluding hydrogens is 471 g/mol. The Bertz CT molecular complexity index is 1250. The first-order valence-corrected chi connectivity index (χ1v) is 12.0. The van der Waals surface area contributed by atoms with Crippen LogP contribution in [0, 0.1) is 32.0 Å². The first-order valence-electron chi connectivity index (χ1n) is 11.6. The van der Waals surface area contributed by atoms with Gasteiger partial charge >= 0.3 is 5.97 Å². The van der Waals surface area contributed by atoms with Crippen molar-refractivity contribution in [3.05, 3.63) is 63.4 Å². The van der Waals surface area contributed by atoms with Gasteiger partial charge in [-0.2, -0.15) is 5.10 Å². The minimum atomic E-state index is -0.988. The molecule has 8 nitrogen and oxygen atoms in total. The lowest BCUT2D eigenvalue weighted by Crippen LogP contribution is -2.50. The number of hydrogen-bond acceptors (Lipinski definition) is 6. The minimum absolute atomic E-state index is 0.0680. The van der Waals surface area contributed by atoms with Crippen molar-refractivity contribution in [1.82, 2.24) is 25.1 Å². The van der Waals surface area contributed by atoms with E-state index in [-0.39, 0.29) is 17.5 Å². The maximum atomic E-state index is 14.4. The monoisotopic (exact) mass is 500 g/mol. The first kappa shape index (κ1) is 25.1. The molecule has 1 fully saturated rings. The Kier molecular flexibility index (Phi) is 7.10. The van der Waals surface area contributed by atoms with Crippen molar-refractivity contribution in [2.24, 2.45) is 5.41 Å². The van der Waals surface area contributed by atoms with Crippen LogP contribution in [-0.2, 0) is 17.8 Å². The SMILES string of the molecule is Cc1cc(Nc2nc(C[C@@]3(C(=O)O)CCN(Cc4cccc(Cl)c4F)[C@H](C)C3)c(C)nc2C)n[nH]1. The van der Waals surface area contributed by atoms with Gasteiger partial charge in [-0.1, -0.05) is 23.7 Å². The van der Waals surface area contributed by atoms with Gasteiger partial charge in [0.1, 0.15) is 5.82 Å². The molecule has 0 unspecified atom stereocenters. The summed E-state index contributed by atoms with van der Waals surface area (Å²) in [5.41, 5.74) is 2.50. The molecule has 2 atom stereocenters. The van der Waals surface area contributed by atoms with E-state index in [1.165, 1.54) is 6.07 Å². The van der Waals surface area contributed by atoms with Crippen molar-refractivity contribution >= 4 is 29.2 Å². The van der Waals surface area contributed by atoms with Crippen molar-refractivity contribution in [2.45, 2.75) is 59.5 Å². The number of carbonyl (C=O) groups is 1. The topological polar surface area (TPSA) is 107 Å². The molecule has 0 aliphatic carbocycles. The number of likely N-dealkylation sites (tertiary alicyclic amines) is 1. The number of aromatic nitrogens is 4. The summed E-state index contributed by atoms with van der Waals surface area (Å²) in [6.07, 6.45) is 1.10. The number of aryl methyl sites for hydroxylation is 3. The van der Waals surface area contributed by atoms with E-state index in [9.17, 15) is 14.3 Å². The Morgan fingerprint density at radius 1 is 1.31 bits per heavy atom. The minimum Gasteiger partial charge on any atom is -0.481 e. The number of piperidine rings is 1. The number of aromatic amines is 1. The summed E-state index contributed by atoms with van der Waals surface area (Å²) in [7, 11) is 0. The van der Waals surface area contributed by atoms with Crippen LogP contribution in [0.25, 0.3) is 0 Å². The second-order valence-electron chi connectivity index (χ2n) is 9.50. The van der Waals surface area contributed by atoms with Gasteiger partial charge in [0.25, 0.3) is 0 Å². The van der Waals surface area contributed by atoms with E-state index in [4.69, 9.17) is 16.6 Å². The van der Waals surface area contributed by atoms with Crippen LogP contribution >= 0.6 is 11.6 Å². The summed E-state index contributed by atoms with van der Waals surface area (Å²) in [6, 6.07) is 6.76. The molecular formula is C25H30ClFN6O2. The lowest BCUT2D eigenvalue weighted by Gasteiger charge is -2.43. The molecule has 10 heteroatoms. The van der Waals surface area contributed by atoms with Gasteiger partial charge in [-0.15, -0.1) is 0 Å². The number of nitrogens with zero attached hydrogens (tertiary/aromatic N) is 4. The number of carboxylic acid groups (broad SMARTS) is 1. The number of hydrogen-bond donors (Lipinski definition) is 3. The molecule has 3 aromatic rings. The Balaban J connectivity index is 1.55. The maximum Gasteiger partial charge on any atom is 0.310 e. The molecule has 0 radical (unpaired) electrons. The first-order chi connectivity index (χ1) is 16.6. The molecule has 0 amide bonds. The van der Waals surface area contributed by atoms with E-state index >= 15 is 0 Å². The number of carboxylic acids is 1. The van der Waals surface area contributed by atoms with Crippen LogP contribution in [0.3, 0.4) is 0 Å². The summed E-state index contributed by atoms with van der Waals surface area (Å²) in [5.74, 6) is -0.0938. The molecule has 0 spiro atoms. The largest absolute Gasteiger partial charge is 0.481 e. The average Bonchev–Trinajstić information content (AvgIpc) is 3.21. The van der Waals surface area contributed by atoms with Crippen LogP contribution in [0.15, 0.2) is 24.3 Å². The zero-order valence-corrected chi connectivity index (χ0v) is 21.1. The quantitative estimate of drug-likeness (QED) is 0.421. The summed E-state index contributed by atoms with van der Waals surface area (Å²) < 4.78 is 14.4. The second kappa shape index (κ2) is 9.91. The molecule has 0 saturated carbocycles. The van der Waals surface area contributed by atoms with Gasteiger partial charge in [0.15, 0.2) is 11.6 Å². The smallest absolute Gasteiger partial charge is 0.310 e. The third-order valence-corrected chi connectivity index (χ3v) is 7.14. The number of benzene rings is 1. The van der Waals surface area contributed by atoms with Crippen molar-refractivity contribution < 1.29 is 14.3 Å². The fraction of sp³-hybridized carbons (Fsp3) is 0.440. The average molecular weight is 501 g/mol. The van der Waals surface area contributed by atoms with E-state index < -0.39 is 17.2 Å². The highest BCUT2D eigenvalue weighted by atomic mass is 35.5. The molecule has 4 rings (SSSR count). The van der Waals surface area contributed by atoms with Gasteiger partial charge in [-0.25, -0.2) is 9.37 Å². The normalized spacial score (nSPS) is 20.7. The van der Waals surface area contributed by atoms with Crippen molar-refractivity contribution in [1.29, 1.82) is 0 Å². The number of halogens is 2. The van der Waals surface area contributed by atoms with E-state index in [0.29, 0.717) is 60.2 Å². The molecule has 0 bridgehead atoms. The van der Waals surface area contributed by atoms with E-state index in [0.717, 1.165) is 5.69 Å². The summed E-state index contributed by atoms with van der Waals surface area (Å²) in [6.45, 7) is 8.50. The summed E-state index contributed by atoms with van der Waals surface area (Å²) in [4.78, 5) is 24.1. The summed E-state index contributed by atoms with van der Waals surface area (Å²) >= 11 is 5.94. The Hall–Kier alpha value is -3.04. The summed E-state index contributed by atoms with van der Waals surface area (Å²) in [5, 5.41) is 20.6. The van der Waals surface area contributed by atoms with Gasteiger partial charge in [0.2, 0.25) is 0 Å². The standard InChI is InChI=1S/C25H30ClFN6O2/c1-14-10-21(32-31-14)30-23-17(4)28-16(3)20(29-23)12-25(24(34)35)8-9-33(15(2)11-25)13-18-6-5-7-19(26)22(18)27/h5-7,10,15H,8-9,11-13H2,1-4H3,(H,34,35)(H2,29,30,31,32)/t15-,25-/m1/s1. The van der Waals surface area contributed by atoms with Gasteiger partial charge in [-0.3, -0.25) is 19.8 Å². The van der Waals surface area contributed by atoms with Crippen molar-refractivity contribution in [3.8, 4) is 0 Å². The highest BCUT2D eigenvalue weighted by Crippen LogP contribution is 2.39. The van der Waals surface area contributed by atoms with Gasteiger partial charge < -0.3 is 10.4 Å². The van der Waals surface area contributed by atoms with Crippen LogP contribution in [0.1, 0.15) is 48.1 Å². The molecule has 35 heavy (non-hydrogen) atoms. The predicted octanol–water partition coefficient (Wildman–Crippen LogP) is 4.96. The van der Waals surface area contributed by atoms with Gasteiger partial charge in [0, 0.05) is 36.3 Å². The maximum absolute atomic E-state index is 14.4. The number of anilines is 2. The molecule has 2 aromatic heterocycles. The van der Waals surface area contributed by atoms with Gasteiger partial charge in [0.05, 0.1) is 27.5 Å². The number of rotatable bonds is 7. The lowest BCUT2D eigenvalue weighted by atomic mass is 9.72. The second-order valence-corrected chi connectivity index (χ2v) is 9.91. The lowest BCUT2D eigenvalue weighted by molar-refractivity contribution is -0.153. The van der Waals surface area contributed by atoms with Crippen LogP contribution in [0.5, 0.6) is 0 Å². The van der Waals surface area contributed by atoms with Crippen LogP contribution < -0.4 is 5.32 Å². The molecule has 1 aliphatic heterocycles. The molecule has 186 valence electrons. The van der Waals surface area contributed by atoms with E-state index in [2.05, 4.69) is 25.4 Å². The zero-order chi connectivity index (χ0) is 25.3. The highest BCUT2D eigenvalue weighted by molar-refractivity contribution is 6.30. The van der Waals surface area contributed by atoms with Crippen molar-refractivity contribution in [2.75, 3.05) is 11.9 Å². The number of aliphatic carboxylic acids is 1. The molecule has 3 heterocycles. The molecule has 1 aromatic carbocycles. The Morgan fingerprint density at radius 2 is 2.09 bits per heavy atom. The fourth-order valence-corrected chi connectivity index (χ4v) is 5.00. The van der Waals surface area contributed by atoms with E-state index in [1.807, 2.05) is 33.8 Å². The zero-order valence-electron chi connectivity index (χ0n) is 20.3. The van der Waals surface area contributed by atoms with Crippen LogP contribution in [-0.4, -0.2) is 48.7 Å². The Morgan fingerprint density at radius 3 is 2.74 bits per heavy atom. The third kappa shape index (κ3) is 5.31. The number of H-pyrrole nitrogens is 1. The molecule has 3 N–H and O–H groups in total. The van der Waals surface area contributed by atoms with E-state index in [1.54, 1.807) is 12.1 Å². The fourth-order valence-electron chi connectivity index (χ4n) is 4.80. The van der Waals surface area contributed by atoms with Crippen molar-refractivity contribution in [3.63, 3.8) is 0 Å². The molecule has 1 aliphatic rings. The number of nitrogens with one attached hydrogen (secondary N) is 2. The van der Waals surface area contributed by atoms with Crippen LogP contribution in [0.2, 0.25) is 5.02 Å². The van der Waals surface area contributed by atoms with Crippen LogP contribution in [0.4, 0.5) is 16.0 Å². The third-order valence-electron chi connectivity index (χ3n) is 6.85.